The molecule has 0 aliphatic rings. The Morgan fingerprint density at radius 3 is 2.45 bits per heavy atom. The molecule has 2 aromatic rings. The molecule has 2 aromatic carbocycles. The molecule has 0 N–H and O–H groups in total. The van der Waals surface area contributed by atoms with Crippen LogP contribution >= 0.6 is 0 Å². The van der Waals surface area contributed by atoms with E-state index in [1.54, 1.807) is 0 Å². The van der Waals surface area contributed by atoms with Crippen molar-refractivity contribution >= 4 is 12.0 Å². The van der Waals surface area contributed by atoms with E-state index >= 15 is 0 Å². The maximum Gasteiger partial charge on any atom is 0.270 e. The third kappa shape index (κ3) is 4.31. The molecule has 114 valence electrons. The molecule has 0 spiro atoms. The molecule has 6 nitrogen and oxygen atoms in total. The van der Waals surface area contributed by atoms with Crippen LogP contribution in [0.4, 0.5) is 5.69 Å². The zero-order chi connectivity index (χ0) is 15.8. The highest BCUT2D eigenvalue weighted by Crippen LogP contribution is 2.22. The smallest absolute Gasteiger partial charge is 0.270 e. The average molecular weight is 301 g/mol. The summed E-state index contributed by atoms with van der Waals surface area (Å²) in [5, 5.41) is 10.6. The van der Waals surface area contributed by atoms with Gasteiger partial charge in [-0.3, -0.25) is 14.9 Å². The molecule has 22 heavy (non-hydrogen) atoms. The zero-order valence-corrected chi connectivity index (χ0v) is 11.8. The SMILES string of the molecule is O=Cc1cc([N+](=O)[O-])ccc1OCCCOc1ccccc1. The van der Waals surface area contributed by atoms with Crippen molar-refractivity contribution < 1.29 is 19.2 Å². The highest BCUT2D eigenvalue weighted by atomic mass is 16.6. The van der Waals surface area contributed by atoms with E-state index < -0.39 is 4.92 Å². The number of nitrogens with zero attached hydrogens (tertiary/aromatic N) is 1. The summed E-state index contributed by atoms with van der Waals surface area (Å²) >= 11 is 0. The number of aldehydes is 1. The van der Waals surface area contributed by atoms with Gasteiger partial charge in [0.25, 0.3) is 5.69 Å². The van der Waals surface area contributed by atoms with E-state index in [2.05, 4.69) is 0 Å². The summed E-state index contributed by atoms with van der Waals surface area (Å²) in [7, 11) is 0. The molecule has 0 unspecified atom stereocenters. The van der Waals surface area contributed by atoms with Crippen molar-refractivity contribution in [2.75, 3.05) is 13.2 Å². The molecule has 0 saturated carbocycles. The Labute approximate surface area is 127 Å². The second-order valence-corrected chi connectivity index (χ2v) is 4.46. The van der Waals surface area contributed by atoms with E-state index in [1.165, 1.54) is 18.2 Å². The van der Waals surface area contributed by atoms with E-state index in [0.717, 1.165) is 5.75 Å². The maximum atomic E-state index is 10.9. The quantitative estimate of drug-likeness (QED) is 0.323. The first-order chi connectivity index (χ1) is 10.7. The molecule has 6 heteroatoms. The Balaban J connectivity index is 1.81. The van der Waals surface area contributed by atoms with Gasteiger partial charge in [0.05, 0.1) is 23.7 Å². The summed E-state index contributed by atoms with van der Waals surface area (Å²) < 4.78 is 11.0. The van der Waals surface area contributed by atoms with Crippen molar-refractivity contribution in [1.82, 2.24) is 0 Å². The lowest BCUT2D eigenvalue weighted by Gasteiger charge is -2.09. The third-order valence-electron chi connectivity index (χ3n) is 2.89. The fourth-order valence-electron chi connectivity index (χ4n) is 1.82. The number of rotatable bonds is 8. The summed E-state index contributed by atoms with van der Waals surface area (Å²) in [4.78, 5) is 21.0. The average Bonchev–Trinajstić information content (AvgIpc) is 2.55. The lowest BCUT2D eigenvalue weighted by Crippen LogP contribution is -2.06. The number of non-ortho nitro benzene ring substituents is 1. The molecular weight excluding hydrogens is 286 g/mol. The molecule has 0 fully saturated rings. The van der Waals surface area contributed by atoms with Gasteiger partial charge in [-0.2, -0.15) is 0 Å². The number of carbonyl (C=O) groups excluding carboxylic acids is 1. The van der Waals surface area contributed by atoms with Crippen LogP contribution in [-0.4, -0.2) is 24.4 Å². The molecule has 0 aliphatic heterocycles. The summed E-state index contributed by atoms with van der Waals surface area (Å²) in [5.74, 6) is 1.12. The van der Waals surface area contributed by atoms with E-state index in [0.29, 0.717) is 31.7 Å². The van der Waals surface area contributed by atoms with Crippen LogP contribution < -0.4 is 9.47 Å². The fourth-order valence-corrected chi connectivity index (χ4v) is 1.82. The van der Waals surface area contributed by atoms with Gasteiger partial charge in [-0.25, -0.2) is 0 Å². The number of carbonyl (C=O) groups is 1. The number of nitro groups is 1. The first-order valence-electron chi connectivity index (χ1n) is 6.75. The van der Waals surface area contributed by atoms with E-state index in [1.807, 2.05) is 30.3 Å². The van der Waals surface area contributed by atoms with Gasteiger partial charge in [0, 0.05) is 18.6 Å². The van der Waals surface area contributed by atoms with Crippen LogP contribution in [-0.2, 0) is 0 Å². The maximum absolute atomic E-state index is 10.9. The molecule has 0 saturated heterocycles. The van der Waals surface area contributed by atoms with E-state index in [-0.39, 0.29) is 11.3 Å². The Morgan fingerprint density at radius 1 is 1.05 bits per heavy atom. The molecular formula is C16H15NO5. The number of hydrogen-bond donors (Lipinski definition) is 0. The van der Waals surface area contributed by atoms with Crippen LogP contribution in [0.1, 0.15) is 16.8 Å². The van der Waals surface area contributed by atoms with Crippen LogP contribution in [0.2, 0.25) is 0 Å². The van der Waals surface area contributed by atoms with Gasteiger partial charge in [0.2, 0.25) is 0 Å². The van der Waals surface area contributed by atoms with Crippen LogP contribution in [0.15, 0.2) is 48.5 Å². The van der Waals surface area contributed by atoms with Gasteiger partial charge < -0.3 is 9.47 Å². The summed E-state index contributed by atoms with van der Waals surface area (Å²) in [6.07, 6.45) is 1.17. The van der Waals surface area contributed by atoms with E-state index in [4.69, 9.17) is 9.47 Å². The molecule has 0 aliphatic carbocycles. The highest BCUT2D eigenvalue weighted by Gasteiger charge is 2.11. The van der Waals surface area contributed by atoms with Crippen LogP contribution in [0, 0.1) is 10.1 Å². The van der Waals surface area contributed by atoms with Gasteiger partial charge >= 0.3 is 0 Å². The predicted molar refractivity (Wildman–Crippen MR) is 80.5 cm³/mol. The molecule has 2 rings (SSSR count). The lowest BCUT2D eigenvalue weighted by atomic mass is 10.2. The number of hydrogen-bond acceptors (Lipinski definition) is 5. The van der Waals surface area contributed by atoms with Crippen LogP contribution in [0.5, 0.6) is 11.5 Å². The number of ether oxygens (including phenoxy) is 2. The number of nitro benzene ring substituents is 1. The molecule has 0 bridgehead atoms. The van der Waals surface area contributed by atoms with Gasteiger partial charge in [0.1, 0.15) is 11.5 Å². The first-order valence-corrected chi connectivity index (χ1v) is 6.75. The second-order valence-electron chi connectivity index (χ2n) is 4.46. The fraction of sp³-hybridized carbons (Fsp3) is 0.188. The van der Waals surface area contributed by atoms with Crippen LogP contribution in [0.25, 0.3) is 0 Å². The van der Waals surface area contributed by atoms with Crippen molar-refractivity contribution in [2.45, 2.75) is 6.42 Å². The van der Waals surface area contributed by atoms with Gasteiger partial charge in [-0.05, 0) is 18.2 Å². The summed E-state index contributed by atoms with van der Waals surface area (Å²) in [6.45, 7) is 0.832. The van der Waals surface area contributed by atoms with Crippen LogP contribution in [0.3, 0.4) is 0 Å². The topological polar surface area (TPSA) is 78.7 Å². The summed E-state index contributed by atoms with van der Waals surface area (Å²) in [5.41, 5.74) is 0.0278. The first kappa shape index (κ1) is 15.5. The minimum absolute atomic E-state index is 0.137. The van der Waals surface area contributed by atoms with Gasteiger partial charge in [-0.15, -0.1) is 0 Å². The van der Waals surface area contributed by atoms with Crippen molar-refractivity contribution in [2.24, 2.45) is 0 Å². The standard InChI is InChI=1S/C16H15NO5/c18-12-13-11-14(17(19)20)7-8-16(13)22-10-4-9-21-15-5-2-1-3-6-15/h1-3,5-8,11-12H,4,9-10H2. The molecule has 0 heterocycles. The zero-order valence-electron chi connectivity index (χ0n) is 11.8. The van der Waals surface area contributed by atoms with Crippen molar-refractivity contribution in [1.29, 1.82) is 0 Å². The molecule has 0 radical (unpaired) electrons. The Bertz CT molecular complexity index is 642. The van der Waals surface area contributed by atoms with E-state index in [9.17, 15) is 14.9 Å². The largest absolute Gasteiger partial charge is 0.493 e. The van der Waals surface area contributed by atoms with Crippen molar-refractivity contribution in [3.05, 3.63) is 64.2 Å². The summed E-state index contributed by atoms with van der Waals surface area (Å²) in [6, 6.07) is 13.3. The highest BCUT2D eigenvalue weighted by molar-refractivity contribution is 5.80. The predicted octanol–water partition coefficient (Wildman–Crippen LogP) is 3.26. The lowest BCUT2D eigenvalue weighted by molar-refractivity contribution is -0.384. The number of benzene rings is 2. The Hall–Kier alpha value is -2.89. The minimum atomic E-state index is -0.551. The number of para-hydroxylation sites is 1. The second kappa shape index (κ2) is 7.78. The Morgan fingerprint density at radius 2 is 1.77 bits per heavy atom. The third-order valence-corrected chi connectivity index (χ3v) is 2.89. The van der Waals surface area contributed by atoms with Gasteiger partial charge in [-0.1, -0.05) is 18.2 Å². The van der Waals surface area contributed by atoms with Gasteiger partial charge in [0.15, 0.2) is 6.29 Å². The molecule has 0 aromatic heterocycles. The minimum Gasteiger partial charge on any atom is -0.493 e. The van der Waals surface area contributed by atoms with Crippen molar-refractivity contribution in [3.63, 3.8) is 0 Å². The van der Waals surface area contributed by atoms with Crippen molar-refractivity contribution in [3.8, 4) is 11.5 Å². The normalized spacial score (nSPS) is 10.0. The molecule has 0 amide bonds. The molecule has 0 atom stereocenters. The monoisotopic (exact) mass is 301 g/mol. The Kier molecular flexibility index (Phi) is 5.48.